The molecule has 0 heterocycles. The van der Waals surface area contributed by atoms with Crippen molar-refractivity contribution >= 4 is 6.29 Å². The molecule has 14 heavy (non-hydrogen) atoms. The minimum atomic E-state index is -0.735. The Labute approximate surface area is 82.2 Å². The molecule has 1 aromatic carbocycles. The molecule has 1 aromatic rings. The van der Waals surface area contributed by atoms with E-state index >= 15 is 0 Å². The first-order valence-electron chi connectivity index (χ1n) is 4.29. The van der Waals surface area contributed by atoms with Gasteiger partial charge in [-0.2, -0.15) is 0 Å². The first-order valence-corrected chi connectivity index (χ1v) is 4.29. The van der Waals surface area contributed by atoms with Gasteiger partial charge in [0, 0.05) is 12.1 Å². The zero-order valence-electron chi connectivity index (χ0n) is 7.90. The second kappa shape index (κ2) is 4.74. The Morgan fingerprint density at radius 3 is 2.86 bits per heavy atom. The van der Waals surface area contributed by atoms with Gasteiger partial charge in [-0.25, -0.2) is 0 Å². The van der Waals surface area contributed by atoms with Crippen molar-refractivity contribution in [1.29, 1.82) is 0 Å². The van der Waals surface area contributed by atoms with Crippen LogP contribution in [0.1, 0.15) is 22.0 Å². The zero-order valence-corrected chi connectivity index (χ0v) is 7.90. The molecule has 1 rings (SSSR count). The molecule has 0 bridgehead atoms. The van der Waals surface area contributed by atoms with Crippen molar-refractivity contribution in [1.82, 2.24) is 5.32 Å². The maximum Gasteiger partial charge on any atom is 0.150 e. The minimum Gasteiger partial charge on any atom is -0.508 e. The van der Waals surface area contributed by atoms with Crippen LogP contribution in [0, 0.1) is 0 Å². The highest BCUT2D eigenvalue weighted by molar-refractivity contribution is 5.78. The molecule has 0 aliphatic rings. The molecule has 0 aliphatic heterocycles. The van der Waals surface area contributed by atoms with Gasteiger partial charge in [-0.3, -0.25) is 4.79 Å². The number of aldehydes is 1. The van der Waals surface area contributed by atoms with Crippen molar-refractivity contribution in [3.8, 4) is 5.75 Å². The van der Waals surface area contributed by atoms with Gasteiger partial charge < -0.3 is 15.5 Å². The quantitative estimate of drug-likeness (QED) is 0.610. The molecule has 0 amide bonds. The Kier molecular flexibility index (Phi) is 3.62. The van der Waals surface area contributed by atoms with Gasteiger partial charge in [0.25, 0.3) is 0 Å². The molecule has 1 unspecified atom stereocenters. The van der Waals surface area contributed by atoms with Crippen molar-refractivity contribution in [2.24, 2.45) is 0 Å². The van der Waals surface area contributed by atoms with Gasteiger partial charge in [0.1, 0.15) is 5.75 Å². The summed E-state index contributed by atoms with van der Waals surface area (Å²) in [5, 5.41) is 21.5. The molecule has 0 radical (unpaired) electrons. The number of phenols is 1. The number of aliphatic hydroxyl groups excluding tert-OH is 1. The largest absolute Gasteiger partial charge is 0.508 e. The predicted molar refractivity (Wildman–Crippen MR) is 52.4 cm³/mol. The Bertz CT molecular complexity index is 325. The topological polar surface area (TPSA) is 69.6 Å². The van der Waals surface area contributed by atoms with Crippen LogP contribution >= 0.6 is 0 Å². The number of hydrogen-bond acceptors (Lipinski definition) is 4. The fraction of sp³-hybridized carbons (Fsp3) is 0.300. The Hall–Kier alpha value is -1.39. The van der Waals surface area contributed by atoms with E-state index in [9.17, 15) is 9.90 Å². The third-order valence-electron chi connectivity index (χ3n) is 1.95. The smallest absolute Gasteiger partial charge is 0.150 e. The molecular weight excluding hydrogens is 182 g/mol. The van der Waals surface area contributed by atoms with Gasteiger partial charge in [-0.15, -0.1) is 0 Å². The second-order valence-corrected chi connectivity index (χ2v) is 3.00. The number of carbonyl (C=O) groups is 1. The molecule has 0 aliphatic carbocycles. The lowest BCUT2D eigenvalue weighted by molar-refractivity contribution is 0.111. The van der Waals surface area contributed by atoms with Crippen LogP contribution in [0.2, 0.25) is 0 Å². The number of aliphatic hydroxyl groups is 1. The normalized spacial score (nSPS) is 12.4. The van der Waals surface area contributed by atoms with Crippen LogP contribution in [0.3, 0.4) is 0 Å². The average Bonchev–Trinajstić information content (AvgIpc) is 2.17. The highest BCUT2D eigenvalue weighted by Crippen LogP contribution is 2.20. The van der Waals surface area contributed by atoms with E-state index in [0.717, 1.165) is 0 Å². The summed E-state index contributed by atoms with van der Waals surface area (Å²) in [6, 6.07) is 4.32. The standard InChI is InChI=1S/C10H13NO3/c1-11-5-10(14)9-3-2-8(13)4-7(9)6-12/h2-4,6,10-11,13-14H,5H2,1H3. The van der Waals surface area contributed by atoms with Gasteiger partial charge in [-0.05, 0) is 24.7 Å². The fourth-order valence-corrected chi connectivity index (χ4v) is 1.27. The van der Waals surface area contributed by atoms with Crippen molar-refractivity contribution in [3.63, 3.8) is 0 Å². The van der Waals surface area contributed by atoms with Crippen LogP contribution in [0.15, 0.2) is 18.2 Å². The zero-order chi connectivity index (χ0) is 10.6. The number of phenolic OH excluding ortho intramolecular Hbond substituents is 1. The highest BCUT2D eigenvalue weighted by Gasteiger charge is 2.11. The van der Waals surface area contributed by atoms with E-state index in [-0.39, 0.29) is 5.75 Å². The van der Waals surface area contributed by atoms with Crippen LogP contribution in [-0.2, 0) is 0 Å². The first-order chi connectivity index (χ1) is 6.69. The average molecular weight is 195 g/mol. The number of rotatable bonds is 4. The van der Waals surface area contributed by atoms with Crippen molar-refractivity contribution in [2.45, 2.75) is 6.10 Å². The monoisotopic (exact) mass is 195 g/mol. The number of carbonyl (C=O) groups excluding carboxylic acids is 1. The predicted octanol–water partition coefficient (Wildman–Crippen LogP) is 0.458. The van der Waals surface area contributed by atoms with Crippen molar-refractivity contribution < 1.29 is 15.0 Å². The minimum absolute atomic E-state index is 0.0208. The molecule has 0 saturated heterocycles. The summed E-state index contributed by atoms with van der Waals surface area (Å²) in [7, 11) is 1.71. The molecule has 4 nitrogen and oxygen atoms in total. The summed E-state index contributed by atoms with van der Waals surface area (Å²) in [5.74, 6) is 0.0208. The Balaban J connectivity index is 3.01. The van der Waals surface area contributed by atoms with Gasteiger partial charge in [0.15, 0.2) is 6.29 Å². The summed E-state index contributed by atoms with van der Waals surface area (Å²) in [6.45, 7) is 0.367. The van der Waals surface area contributed by atoms with Crippen LogP contribution in [-0.4, -0.2) is 30.1 Å². The third kappa shape index (κ3) is 2.31. The van der Waals surface area contributed by atoms with E-state index in [1.165, 1.54) is 12.1 Å². The highest BCUT2D eigenvalue weighted by atomic mass is 16.3. The van der Waals surface area contributed by atoms with Gasteiger partial charge >= 0.3 is 0 Å². The molecule has 0 aromatic heterocycles. The van der Waals surface area contributed by atoms with Crippen LogP contribution in [0.5, 0.6) is 5.75 Å². The summed E-state index contributed by atoms with van der Waals surface area (Å²) in [5.41, 5.74) is 0.833. The van der Waals surface area contributed by atoms with Gasteiger partial charge in [-0.1, -0.05) is 6.07 Å². The molecule has 4 heteroatoms. The number of benzene rings is 1. The Morgan fingerprint density at radius 1 is 1.57 bits per heavy atom. The third-order valence-corrected chi connectivity index (χ3v) is 1.95. The summed E-state index contributed by atoms with van der Waals surface area (Å²) in [6.07, 6.45) is -0.116. The molecule has 76 valence electrons. The first kappa shape index (κ1) is 10.7. The fourth-order valence-electron chi connectivity index (χ4n) is 1.27. The lowest BCUT2D eigenvalue weighted by Gasteiger charge is -2.12. The van der Waals surface area contributed by atoms with E-state index in [1.807, 2.05) is 0 Å². The van der Waals surface area contributed by atoms with Crippen LogP contribution < -0.4 is 5.32 Å². The molecule has 0 fully saturated rings. The number of nitrogens with one attached hydrogen (secondary N) is 1. The van der Waals surface area contributed by atoms with Crippen molar-refractivity contribution in [2.75, 3.05) is 13.6 Å². The van der Waals surface area contributed by atoms with Crippen molar-refractivity contribution in [3.05, 3.63) is 29.3 Å². The van der Waals surface area contributed by atoms with Crippen LogP contribution in [0.4, 0.5) is 0 Å². The van der Waals surface area contributed by atoms with E-state index in [1.54, 1.807) is 13.1 Å². The van der Waals surface area contributed by atoms with E-state index in [2.05, 4.69) is 5.32 Å². The molecule has 0 saturated carbocycles. The number of hydrogen-bond donors (Lipinski definition) is 3. The van der Waals surface area contributed by atoms with Gasteiger partial charge in [0.05, 0.1) is 6.10 Å². The lowest BCUT2D eigenvalue weighted by atomic mass is 10.0. The van der Waals surface area contributed by atoms with E-state index in [0.29, 0.717) is 24.0 Å². The molecule has 3 N–H and O–H groups in total. The van der Waals surface area contributed by atoms with E-state index in [4.69, 9.17) is 5.11 Å². The lowest BCUT2D eigenvalue weighted by Crippen LogP contribution is -2.17. The van der Waals surface area contributed by atoms with Gasteiger partial charge in [0.2, 0.25) is 0 Å². The molecule has 0 spiro atoms. The summed E-state index contributed by atoms with van der Waals surface area (Å²) >= 11 is 0. The van der Waals surface area contributed by atoms with E-state index < -0.39 is 6.10 Å². The molecular formula is C10H13NO3. The SMILES string of the molecule is CNCC(O)c1ccc(O)cc1C=O. The Morgan fingerprint density at radius 2 is 2.29 bits per heavy atom. The van der Waals surface area contributed by atoms with Crippen LogP contribution in [0.25, 0.3) is 0 Å². The second-order valence-electron chi connectivity index (χ2n) is 3.00. The number of aromatic hydroxyl groups is 1. The molecule has 1 atom stereocenters. The maximum absolute atomic E-state index is 10.6. The summed E-state index contributed by atoms with van der Waals surface area (Å²) < 4.78 is 0. The maximum atomic E-state index is 10.6. The summed E-state index contributed by atoms with van der Waals surface area (Å²) in [4.78, 5) is 10.6. The number of likely N-dealkylation sites (N-methyl/N-ethyl adjacent to an activating group) is 1.